The second kappa shape index (κ2) is 9.68. The van der Waals surface area contributed by atoms with Crippen LogP contribution in [-0.2, 0) is 20.9 Å². The Morgan fingerprint density at radius 3 is 2.55 bits per heavy atom. The van der Waals surface area contributed by atoms with Gasteiger partial charge in [0.25, 0.3) is 5.91 Å². The smallest absolute Gasteiger partial charge is 0.344 e. The summed E-state index contributed by atoms with van der Waals surface area (Å²) in [5.74, 6) is 1.23. The van der Waals surface area contributed by atoms with E-state index in [-0.39, 0.29) is 19.9 Å². The topological polar surface area (TPSA) is 92.3 Å². The molecule has 0 spiro atoms. The third kappa shape index (κ3) is 5.54. The van der Waals surface area contributed by atoms with Crippen LogP contribution in [0.1, 0.15) is 19.4 Å². The lowest BCUT2D eigenvalue weighted by Crippen LogP contribution is -2.36. The second-order valence-corrected chi connectivity index (χ2v) is 6.21. The van der Waals surface area contributed by atoms with Gasteiger partial charge in [-0.1, -0.05) is 18.2 Å². The summed E-state index contributed by atoms with van der Waals surface area (Å²) in [7, 11) is 0. The Bertz CT molecular complexity index is 868. The normalized spacial score (nSPS) is 12.8. The van der Waals surface area contributed by atoms with Gasteiger partial charge >= 0.3 is 5.97 Å². The minimum absolute atomic E-state index is 0.190. The summed E-state index contributed by atoms with van der Waals surface area (Å²) in [6.45, 7) is 3.97. The maximum atomic E-state index is 12.2. The van der Waals surface area contributed by atoms with E-state index in [1.54, 1.807) is 30.3 Å². The summed E-state index contributed by atoms with van der Waals surface area (Å²) in [5.41, 5.74) is 0.844. The lowest BCUT2D eigenvalue weighted by atomic mass is 10.2. The predicted octanol–water partition coefficient (Wildman–Crippen LogP) is 2.44. The molecule has 1 amide bonds. The van der Waals surface area contributed by atoms with Crippen LogP contribution in [0.3, 0.4) is 0 Å². The van der Waals surface area contributed by atoms with Crippen LogP contribution >= 0.6 is 0 Å². The number of carbonyl (C=O) groups excluding carboxylic acids is 2. The number of carbonyl (C=O) groups is 2. The third-order valence-electron chi connectivity index (χ3n) is 4.08. The minimum atomic E-state index is -0.956. The Morgan fingerprint density at radius 1 is 1.07 bits per heavy atom. The van der Waals surface area contributed by atoms with E-state index in [0.717, 1.165) is 5.56 Å². The molecule has 3 rings (SSSR count). The largest absolute Gasteiger partial charge is 0.490 e. The quantitative estimate of drug-likeness (QED) is 0.645. The third-order valence-corrected chi connectivity index (χ3v) is 4.08. The van der Waals surface area contributed by atoms with Crippen molar-refractivity contribution in [1.29, 1.82) is 0 Å². The molecule has 0 fully saturated rings. The Balaban J connectivity index is 1.43. The van der Waals surface area contributed by atoms with Gasteiger partial charge in [-0.25, -0.2) is 4.79 Å². The van der Waals surface area contributed by atoms with E-state index in [0.29, 0.717) is 29.6 Å². The molecule has 2 aromatic carbocycles. The minimum Gasteiger partial charge on any atom is -0.490 e. The number of esters is 1. The second-order valence-electron chi connectivity index (χ2n) is 6.21. The van der Waals surface area contributed by atoms with Gasteiger partial charge in [0.15, 0.2) is 35.7 Å². The molecule has 0 bridgehead atoms. The van der Waals surface area contributed by atoms with Gasteiger partial charge < -0.3 is 29.0 Å². The molecule has 154 valence electrons. The van der Waals surface area contributed by atoms with Crippen molar-refractivity contribution in [1.82, 2.24) is 5.32 Å². The molecule has 8 nitrogen and oxygen atoms in total. The van der Waals surface area contributed by atoms with Crippen LogP contribution in [0.2, 0.25) is 0 Å². The zero-order valence-corrected chi connectivity index (χ0v) is 16.3. The number of hydrogen-bond acceptors (Lipinski definition) is 7. The van der Waals surface area contributed by atoms with E-state index in [2.05, 4.69) is 5.32 Å². The monoisotopic (exact) mass is 401 g/mol. The van der Waals surface area contributed by atoms with Crippen LogP contribution in [0.15, 0.2) is 42.5 Å². The molecule has 1 N–H and O–H groups in total. The summed E-state index contributed by atoms with van der Waals surface area (Å²) in [5, 5.41) is 2.72. The van der Waals surface area contributed by atoms with Crippen molar-refractivity contribution in [2.24, 2.45) is 0 Å². The van der Waals surface area contributed by atoms with Gasteiger partial charge in [-0.2, -0.15) is 0 Å². The van der Waals surface area contributed by atoms with E-state index in [1.165, 1.54) is 6.92 Å². The van der Waals surface area contributed by atoms with E-state index in [4.69, 9.17) is 23.7 Å². The number of hydrogen-bond donors (Lipinski definition) is 1. The highest BCUT2D eigenvalue weighted by Gasteiger charge is 2.19. The fourth-order valence-electron chi connectivity index (χ4n) is 2.65. The van der Waals surface area contributed by atoms with E-state index < -0.39 is 18.0 Å². The average Bonchev–Trinajstić information content (AvgIpc) is 3.19. The fraction of sp³-hybridized carbons (Fsp3) is 0.333. The van der Waals surface area contributed by atoms with Crippen LogP contribution in [0.5, 0.6) is 23.0 Å². The summed E-state index contributed by atoms with van der Waals surface area (Å²) in [4.78, 5) is 24.2. The van der Waals surface area contributed by atoms with Crippen molar-refractivity contribution in [3.05, 3.63) is 48.0 Å². The Labute approximate surface area is 168 Å². The zero-order chi connectivity index (χ0) is 20.6. The van der Waals surface area contributed by atoms with Gasteiger partial charge in [-0.15, -0.1) is 0 Å². The lowest BCUT2D eigenvalue weighted by Gasteiger charge is -2.15. The maximum Gasteiger partial charge on any atom is 0.344 e. The van der Waals surface area contributed by atoms with Crippen molar-refractivity contribution < 1.29 is 33.3 Å². The van der Waals surface area contributed by atoms with Crippen LogP contribution in [0, 0.1) is 0 Å². The fourth-order valence-corrected chi connectivity index (χ4v) is 2.65. The maximum absolute atomic E-state index is 12.2. The Kier molecular flexibility index (Phi) is 6.78. The van der Waals surface area contributed by atoms with Gasteiger partial charge in [0, 0.05) is 6.54 Å². The van der Waals surface area contributed by atoms with Crippen LogP contribution in [0.4, 0.5) is 0 Å². The van der Waals surface area contributed by atoms with Crippen molar-refractivity contribution in [3.63, 3.8) is 0 Å². The highest BCUT2D eigenvalue weighted by Crippen LogP contribution is 2.32. The molecule has 1 heterocycles. The van der Waals surface area contributed by atoms with E-state index in [1.807, 2.05) is 19.1 Å². The first-order valence-corrected chi connectivity index (χ1v) is 9.27. The Hall–Kier alpha value is -3.42. The lowest BCUT2D eigenvalue weighted by molar-refractivity contribution is -0.156. The predicted molar refractivity (Wildman–Crippen MR) is 103 cm³/mol. The molecule has 0 unspecified atom stereocenters. The molecule has 1 aliphatic heterocycles. The SMILES string of the molecule is CCOc1ccccc1OCC(=O)O[C@H](C)C(=O)NCc1ccc2c(c1)OCO2. The molecular formula is C21H23NO7. The number of rotatable bonds is 9. The van der Waals surface area contributed by atoms with Crippen molar-refractivity contribution >= 4 is 11.9 Å². The molecule has 1 aliphatic rings. The number of nitrogens with one attached hydrogen (secondary N) is 1. The molecule has 29 heavy (non-hydrogen) atoms. The number of amides is 1. The summed E-state index contributed by atoms with van der Waals surface area (Å²) in [6.07, 6.45) is -0.956. The first-order valence-electron chi connectivity index (χ1n) is 9.27. The van der Waals surface area contributed by atoms with Crippen molar-refractivity contribution in [2.45, 2.75) is 26.5 Å². The van der Waals surface area contributed by atoms with E-state index in [9.17, 15) is 9.59 Å². The van der Waals surface area contributed by atoms with Crippen LogP contribution < -0.4 is 24.3 Å². The summed E-state index contributed by atoms with van der Waals surface area (Å²) < 4.78 is 26.6. The number of para-hydroxylation sites is 2. The number of fused-ring (bicyclic) bond motifs is 1. The molecular weight excluding hydrogens is 378 g/mol. The molecule has 0 radical (unpaired) electrons. The molecule has 0 aromatic heterocycles. The van der Waals surface area contributed by atoms with Crippen molar-refractivity contribution in [3.8, 4) is 23.0 Å². The molecule has 0 saturated heterocycles. The van der Waals surface area contributed by atoms with E-state index >= 15 is 0 Å². The molecule has 1 atom stereocenters. The van der Waals surface area contributed by atoms with Crippen LogP contribution in [0.25, 0.3) is 0 Å². The standard InChI is InChI=1S/C21H23NO7/c1-3-25-16-6-4-5-7-17(16)26-12-20(23)29-14(2)21(24)22-11-15-8-9-18-19(10-15)28-13-27-18/h4-10,14H,3,11-13H2,1-2H3,(H,22,24)/t14-/m1/s1. The number of benzene rings is 2. The van der Waals surface area contributed by atoms with Gasteiger partial charge in [-0.05, 0) is 43.7 Å². The first kappa shape index (κ1) is 20.3. The van der Waals surface area contributed by atoms with Gasteiger partial charge in [0.2, 0.25) is 6.79 Å². The number of ether oxygens (including phenoxy) is 5. The molecule has 0 saturated carbocycles. The van der Waals surface area contributed by atoms with Crippen molar-refractivity contribution in [2.75, 3.05) is 20.0 Å². The molecule has 2 aromatic rings. The average molecular weight is 401 g/mol. The van der Waals surface area contributed by atoms with Crippen LogP contribution in [-0.4, -0.2) is 38.0 Å². The first-order chi connectivity index (χ1) is 14.1. The summed E-state index contributed by atoms with van der Waals surface area (Å²) >= 11 is 0. The summed E-state index contributed by atoms with van der Waals surface area (Å²) in [6, 6.07) is 12.4. The zero-order valence-electron chi connectivity index (χ0n) is 16.3. The molecule has 0 aliphatic carbocycles. The molecule has 8 heteroatoms. The van der Waals surface area contributed by atoms with Gasteiger partial charge in [0.05, 0.1) is 6.61 Å². The Morgan fingerprint density at radius 2 is 1.79 bits per heavy atom. The highest BCUT2D eigenvalue weighted by atomic mass is 16.7. The van der Waals surface area contributed by atoms with Gasteiger partial charge in [-0.3, -0.25) is 4.79 Å². The van der Waals surface area contributed by atoms with Gasteiger partial charge in [0.1, 0.15) is 0 Å². The highest BCUT2D eigenvalue weighted by molar-refractivity contribution is 5.83.